The van der Waals surface area contributed by atoms with Crippen molar-refractivity contribution in [3.05, 3.63) is 23.8 Å². The van der Waals surface area contributed by atoms with Crippen LogP contribution in [0.15, 0.2) is 23.8 Å². The second kappa shape index (κ2) is 10.1. The molecule has 3 fully saturated rings. The van der Waals surface area contributed by atoms with Crippen molar-refractivity contribution in [2.45, 2.75) is 90.2 Å². The average molecular weight is 556 g/mol. The fourth-order valence-corrected chi connectivity index (χ4v) is 8.28. The van der Waals surface area contributed by atoms with Crippen LogP contribution in [0.3, 0.4) is 0 Å². The largest absolute Gasteiger partial charge is 0.457 e. The van der Waals surface area contributed by atoms with E-state index in [9.17, 15) is 24.3 Å². The Hall–Kier alpha value is -2.10. The smallest absolute Gasteiger partial charge is 0.335 e. The number of hydrogen-bond acceptors (Lipinski definition) is 8. The first kappa shape index (κ1) is 30.4. The van der Waals surface area contributed by atoms with Gasteiger partial charge in [-0.05, 0) is 57.6 Å². The van der Waals surface area contributed by atoms with E-state index in [1.807, 2.05) is 13.8 Å². The van der Waals surface area contributed by atoms with Crippen LogP contribution in [0, 0.1) is 28.6 Å². The summed E-state index contributed by atoms with van der Waals surface area (Å²) in [7, 11) is 0. The fourth-order valence-electron chi connectivity index (χ4n) is 8.08. The molecule has 1 unspecified atom stereocenters. The number of ether oxygens (including phenoxy) is 2. The molecule has 38 heavy (non-hydrogen) atoms. The number of aliphatic hydroxyl groups is 1. The highest BCUT2D eigenvalue weighted by molar-refractivity contribution is 6.29. The maximum atomic E-state index is 18.0. The summed E-state index contributed by atoms with van der Waals surface area (Å²) in [6, 6.07) is 0. The number of hydrogen-bond donors (Lipinski definition) is 2. The molecule has 0 aromatic heterocycles. The predicted molar refractivity (Wildman–Crippen MR) is 138 cm³/mol. The van der Waals surface area contributed by atoms with E-state index >= 15 is 4.39 Å². The molecule has 0 saturated heterocycles. The van der Waals surface area contributed by atoms with Crippen molar-refractivity contribution in [1.82, 2.24) is 6.15 Å². The highest BCUT2D eigenvalue weighted by Gasteiger charge is 2.78. The maximum Gasteiger partial charge on any atom is 0.335 e. The standard InChI is InChI=1S/C28H36ClFO7.H3N/c1-6-23(34)37-28(21(33)14-29)15(2)11-20-19-8-7-17-12-18(32)9-10-25(17,4)27(19,30)22(13-26(20,28)5)36-24(35)16(3)31;/h9-10,12,15-16,19-20,22,31H,6-8,11,13-14H2,1-5H3;1H3/t15-,16?,19-,20-,22-,25-,26-,27-,28-;/m0./s1. The van der Waals surface area contributed by atoms with E-state index in [1.165, 1.54) is 19.1 Å². The van der Waals surface area contributed by atoms with Gasteiger partial charge in [0.05, 0.1) is 5.88 Å². The van der Waals surface area contributed by atoms with E-state index in [-0.39, 0.29) is 30.7 Å². The van der Waals surface area contributed by atoms with Gasteiger partial charge in [-0.2, -0.15) is 0 Å². The summed E-state index contributed by atoms with van der Waals surface area (Å²) < 4.78 is 29.7. The second-order valence-corrected chi connectivity index (χ2v) is 11.9. The lowest BCUT2D eigenvalue weighted by atomic mass is 9.44. The first-order valence-electron chi connectivity index (χ1n) is 13.1. The van der Waals surface area contributed by atoms with Crippen LogP contribution in [-0.4, -0.2) is 58.0 Å². The Morgan fingerprint density at radius 2 is 1.92 bits per heavy atom. The van der Waals surface area contributed by atoms with Crippen molar-refractivity contribution in [2.24, 2.45) is 28.6 Å². The van der Waals surface area contributed by atoms with E-state index in [4.69, 9.17) is 21.1 Å². The highest BCUT2D eigenvalue weighted by Crippen LogP contribution is 2.72. The number of allylic oxidation sites excluding steroid dienone is 4. The molecule has 10 heteroatoms. The van der Waals surface area contributed by atoms with Crippen LogP contribution in [0.5, 0.6) is 0 Å². The number of esters is 2. The Morgan fingerprint density at radius 3 is 2.50 bits per heavy atom. The molecule has 4 aliphatic carbocycles. The van der Waals surface area contributed by atoms with Gasteiger partial charge in [0.1, 0.15) is 12.2 Å². The molecular weight excluding hydrogens is 517 g/mol. The van der Waals surface area contributed by atoms with Crippen molar-refractivity contribution >= 4 is 35.1 Å². The summed E-state index contributed by atoms with van der Waals surface area (Å²) >= 11 is 6.08. The summed E-state index contributed by atoms with van der Waals surface area (Å²) in [6.07, 6.45) is 2.68. The minimum absolute atomic E-state index is 0. The zero-order valence-electron chi connectivity index (χ0n) is 22.7. The summed E-state index contributed by atoms with van der Waals surface area (Å²) in [5.41, 5.74) is -5.43. The quantitative estimate of drug-likeness (QED) is 0.367. The van der Waals surface area contributed by atoms with Gasteiger partial charge in [-0.25, -0.2) is 9.18 Å². The molecule has 0 aliphatic heterocycles. The SMILES string of the molecule is CCC(=O)O[C@]1(C(=O)CCl)[C@@H](C)C[C@H]2[C@@H]3CCC4=CC(=O)C=C[C@]4(C)[C@@]3(F)[C@@H](OC(=O)C(C)O)C[C@@]21C.N. The van der Waals surface area contributed by atoms with Crippen molar-refractivity contribution in [3.8, 4) is 0 Å². The zero-order chi connectivity index (χ0) is 27.6. The van der Waals surface area contributed by atoms with Crippen molar-refractivity contribution < 1.29 is 38.1 Å². The number of alkyl halides is 2. The molecule has 0 amide bonds. The number of ketones is 2. The van der Waals surface area contributed by atoms with E-state index in [2.05, 4.69) is 0 Å². The Morgan fingerprint density at radius 1 is 1.26 bits per heavy atom. The lowest BCUT2D eigenvalue weighted by Crippen LogP contribution is -2.70. The first-order valence-corrected chi connectivity index (χ1v) is 13.6. The molecule has 212 valence electrons. The van der Waals surface area contributed by atoms with Gasteiger partial charge >= 0.3 is 11.9 Å². The van der Waals surface area contributed by atoms with E-state index in [0.29, 0.717) is 24.8 Å². The van der Waals surface area contributed by atoms with E-state index in [1.54, 1.807) is 19.9 Å². The van der Waals surface area contributed by atoms with Crippen LogP contribution in [0.25, 0.3) is 0 Å². The maximum absolute atomic E-state index is 18.0. The molecule has 0 aromatic carbocycles. The molecule has 0 aromatic rings. The van der Waals surface area contributed by atoms with Gasteiger partial charge in [0.25, 0.3) is 0 Å². The Labute approximate surface area is 227 Å². The molecule has 0 heterocycles. The summed E-state index contributed by atoms with van der Waals surface area (Å²) in [6.45, 7) is 8.22. The minimum atomic E-state index is -2.13. The number of carbonyl (C=O) groups is 4. The molecule has 0 bridgehead atoms. The summed E-state index contributed by atoms with van der Waals surface area (Å²) in [5, 5.41) is 9.93. The Bertz CT molecular complexity index is 1090. The third kappa shape index (κ3) is 3.91. The number of Topliss-reactive ketones (excluding diaryl/α,β-unsaturated/α-hetero) is 1. The molecule has 4 rings (SSSR count). The zero-order valence-corrected chi connectivity index (χ0v) is 23.5. The second-order valence-electron chi connectivity index (χ2n) is 11.6. The molecule has 8 nitrogen and oxygen atoms in total. The van der Waals surface area contributed by atoms with Gasteiger partial charge in [-0.15, -0.1) is 11.6 Å². The van der Waals surface area contributed by atoms with Crippen LogP contribution in [0.2, 0.25) is 0 Å². The third-order valence-electron chi connectivity index (χ3n) is 9.86. The first-order chi connectivity index (χ1) is 17.2. The minimum Gasteiger partial charge on any atom is -0.457 e. The van der Waals surface area contributed by atoms with E-state index in [0.717, 1.165) is 0 Å². The van der Waals surface area contributed by atoms with Crippen LogP contribution in [0.1, 0.15) is 66.7 Å². The third-order valence-corrected chi connectivity index (χ3v) is 10.1. The Balaban J connectivity index is 0.00000400. The topological polar surface area (TPSA) is 142 Å². The van der Waals surface area contributed by atoms with Crippen molar-refractivity contribution in [3.63, 3.8) is 0 Å². The number of rotatable bonds is 6. The van der Waals surface area contributed by atoms with Gasteiger partial charge in [-0.3, -0.25) is 14.4 Å². The number of aliphatic hydroxyl groups excluding tert-OH is 1. The van der Waals surface area contributed by atoms with Gasteiger partial charge < -0.3 is 20.7 Å². The fraction of sp³-hybridized carbons (Fsp3) is 0.714. The lowest BCUT2D eigenvalue weighted by Gasteiger charge is -2.63. The molecule has 0 spiro atoms. The molecule has 3 saturated carbocycles. The van der Waals surface area contributed by atoms with Crippen LogP contribution < -0.4 is 6.15 Å². The Kier molecular flexibility index (Phi) is 8.12. The van der Waals surface area contributed by atoms with Gasteiger partial charge in [0.2, 0.25) is 0 Å². The summed E-state index contributed by atoms with van der Waals surface area (Å²) in [4.78, 5) is 51.1. The average Bonchev–Trinajstić information content (AvgIpc) is 3.06. The molecule has 0 radical (unpaired) electrons. The monoisotopic (exact) mass is 555 g/mol. The van der Waals surface area contributed by atoms with Crippen LogP contribution >= 0.6 is 11.6 Å². The highest BCUT2D eigenvalue weighted by atomic mass is 35.5. The molecule has 4 N–H and O–H groups in total. The van der Waals surface area contributed by atoms with Gasteiger partial charge in [0.15, 0.2) is 22.8 Å². The van der Waals surface area contributed by atoms with Gasteiger partial charge in [-0.1, -0.05) is 32.4 Å². The number of halogens is 2. The molecule has 9 atom stereocenters. The van der Waals surface area contributed by atoms with Crippen molar-refractivity contribution in [2.75, 3.05) is 5.88 Å². The van der Waals surface area contributed by atoms with Crippen LogP contribution in [-0.2, 0) is 28.7 Å². The lowest BCUT2D eigenvalue weighted by molar-refractivity contribution is -0.237. The van der Waals surface area contributed by atoms with E-state index < -0.39 is 69.8 Å². The number of fused-ring (bicyclic) bond motifs is 5. The normalized spacial score (nSPS) is 42.0. The summed E-state index contributed by atoms with van der Waals surface area (Å²) in [5.74, 6) is -4.12. The van der Waals surface area contributed by atoms with Gasteiger partial charge in [0, 0.05) is 29.1 Å². The molecule has 4 aliphatic rings. The van der Waals surface area contributed by atoms with Crippen molar-refractivity contribution in [1.29, 1.82) is 0 Å². The number of carbonyl (C=O) groups excluding carboxylic acids is 4. The van der Waals surface area contributed by atoms with Crippen LogP contribution in [0.4, 0.5) is 4.39 Å². The molecular formula is C28H39ClFNO7. The predicted octanol–water partition coefficient (Wildman–Crippen LogP) is 4.20.